The number of methoxy groups -OCH3 is 2. The minimum Gasteiger partial charge on any atom is -0.493 e. The highest BCUT2D eigenvalue weighted by molar-refractivity contribution is 9.10. The van der Waals surface area contributed by atoms with E-state index in [0.29, 0.717) is 28.3 Å². The number of nitrogens with zero attached hydrogens (tertiary/aromatic N) is 2. The zero-order chi connectivity index (χ0) is 23.7. The lowest BCUT2D eigenvalue weighted by molar-refractivity contribution is -0.119. The van der Waals surface area contributed by atoms with Gasteiger partial charge in [-0.25, -0.2) is 0 Å². The van der Waals surface area contributed by atoms with Gasteiger partial charge in [0.15, 0.2) is 11.5 Å². The number of carbonyl (C=O) groups excluding carboxylic acids is 2. The van der Waals surface area contributed by atoms with E-state index >= 15 is 0 Å². The second-order valence-electron chi connectivity index (χ2n) is 7.87. The maximum Gasteiger partial charge on any atom is 0.254 e. The molecule has 0 unspecified atom stereocenters. The van der Waals surface area contributed by atoms with Crippen molar-refractivity contribution in [3.63, 3.8) is 0 Å². The Kier molecular flexibility index (Phi) is 6.37. The van der Waals surface area contributed by atoms with E-state index < -0.39 is 12.0 Å². The van der Waals surface area contributed by atoms with Crippen molar-refractivity contribution in [2.45, 2.75) is 18.9 Å². The van der Waals surface area contributed by atoms with Gasteiger partial charge in [0.25, 0.3) is 5.91 Å². The van der Waals surface area contributed by atoms with Gasteiger partial charge in [-0.2, -0.15) is 0 Å². The van der Waals surface area contributed by atoms with Gasteiger partial charge >= 0.3 is 0 Å². The number of nitrogens with one attached hydrogen (secondary N) is 1. The molecule has 0 bridgehead atoms. The number of rotatable bonds is 5. The number of carbonyl (C=O) groups is 2. The summed E-state index contributed by atoms with van der Waals surface area (Å²) in [5, 5.41) is 3.06. The Labute approximate surface area is 200 Å². The fourth-order valence-corrected chi connectivity index (χ4v) is 4.75. The smallest absolute Gasteiger partial charge is 0.254 e. The Bertz CT molecular complexity index is 1220. The third kappa shape index (κ3) is 4.18. The summed E-state index contributed by atoms with van der Waals surface area (Å²) in [7, 11) is 4.74. The summed E-state index contributed by atoms with van der Waals surface area (Å²) in [6.07, 6.45) is 3.35. The summed E-state index contributed by atoms with van der Waals surface area (Å²) in [4.78, 5) is 33.0. The predicted octanol–water partition coefficient (Wildman–Crippen LogP) is 4.72. The Morgan fingerprint density at radius 2 is 1.85 bits per heavy atom. The second kappa shape index (κ2) is 9.23. The number of benzene rings is 2. The Morgan fingerprint density at radius 1 is 1.12 bits per heavy atom. The zero-order valence-electron chi connectivity index (χ0n) is 18.8. The highest BCUT2D eigenvalue weighted by Gasteiger charge is 2.43. The normalized spacial score (nSPS) is 17.4. The number of fused-ring (bicyclic) bond motifs is 1. The molecule has 3 aromatic rings. The third-order valence-corrected chi connectivity index (χ3v) is 6.42. The molecule has 2 heterocycles. The Hall–Kier alpha value is -3.39. The molecule has 0 fully saturated rings. The van der Waals surface area contributed by atoms with Crippen LogP contribution in [0.15, 0.2) is 59.3 Å². The van der Waals surface area contributed by atoms with Gasteiger partial charge in [-0.05, 0) is 60.0 Å². The molecule has 0 saturated heterocycles. The molecule has 0 saturated carbocycles. The molecule has 1 aliphatic rings. The largest absolute Gasteiger partial charge is 0.493 e. The lowest BCUT2D eigenvalue weighted by Crippen LogP contribution is -2.44. The van der Waals surface area contributed by atoms with Crippen molar-refractivity contribution in [2.24, 2.45) is 0 Å². The number of hydrogen-bond donors (Lipinski definition) is 1. The molecule has 33 heavy (non-hydrogen) atoms. The first kappa shape index (κ1) is 22.8. The molecule has 1 aromatic heterocycles. The highest BCUT2D eigenvalue weighted by Crippen LogP contribution is 2.45. The molecule has 170 valence electrons. The molecule has 2 amide bonds. The zero-order valence-corrected chi connectivity index (χ0v) is 20.3. The first-order valence-corrected chi connectivity index (χ1v) is 11.1. The average Bonchev–Trinajstić information content (AvgIpc) is 2.82. The van der Waals surface area contributed by atoms with E-state index in [-0.39, 0.29) is 11.8 Å². The van der Waals surface area contributed by atoms with Crippen LogP contribution in [0.2, 0.25) is 0 Å². The minimum absolute atomic E-state index is 0.205. The van der Waals surface area contributed by atoms with Crippen molar-refractivity contribution in [1.82, 2.24) is 9.88 Å². The number of hydrogen-bond acceptors (Lipinski definition) is 5. The molecule has 1 N–H and O–H groups in total. The van der Waals surface area contributed by atoms with Gasteiger partial charge in [0.1, 0.15) is 0 Å². The van der Waals surface area contributed by atoms with Gasteiger partial charge in [0, 0.05) is 35.2 Å². The quantitative estimate of drug-likeness (QED) is 0.538. The number of aromatic nitrogens is 1. The van der Waals surface area contributed by atoms with E-state index in [1.165, 1.54) is 14.2 Å². The molecule has 1 aliphatic heterocycles. The Morgan fingerprint density at radius 3 is 2.48 bits per heavy atom. The first-order valence-electron chi connectivity index (χ1n) is 10.4. The van der Waals surface area contributed by atoms with Crippen molar-refractivity contribution in [2.75, 3.05) is 26.6 Å². The lowest BCUT2D eigenvalue weighted by Gasteiger charge is -2.40. The SMILES string of the molecule is COc1cc2c(cc1OC)[C@@H](C(=O)Nc1ccc(Br)cc1C)[C@H](c1cccnc1)N(C)C2=O. The molecule has 8 heteroatoms. The van der Waals surface area contributed by atoms with E-state index in [2.05, 4.69) is 26.2 Å². The summed E-state index contributed by atoms with van der Waals surface area (Å²) in [5.74, 6) is -0.252. The van der Waals surface area contributed by atoms with E-state index in [1.54, 1.807) is 42.5 Å². The fourth-order valence-electron chi connectivity index (χ4n) is 4.28. The van der Waals surface area contributed by atoms with Gasteiger partial charge < -0.3 is 19.7 Å². The number of pyridine rings is 1. The van der Waals surface area contributed by atoms with E-state index in [4.69, 9.17) is 9.47 Å². The average molecular weight is 510 g/mol. The van der Waals surface area contributed by atoms with Crippen molar-refractivity contribution >= 4 is 33.4 Å². The van der Waals surface area contributed by atoms with Crippen LogP contribution in [0.25, 0.3) is 0 Å². The van der Waals surface area contributed by atoms with E-state index in [1.807, 2.05) is 31.2 Å². The summed E-state index contributed by atoms with van der Waals surface area (Å²) < 4.78 is 11.8. The van der Waals surface area contributed by atoms with Crippen LogP contribution in [0.3, 0.4) is 0 Å². The predicted molar refractivity (Wildman–Crippen MR) is 129 cm³/mol. The number of halogens is 1. The van der Waals surface area contributed by atoms with Crippen LogP contribution < -0.4 is 14.8 Å². The second-order valence-corrected chi connectivity index (χ2v) is 8.78. The van der Waals surface area contributed by atoms with E-state index in [0.717, 1.165) is 15.6 Å². The summed E-state index contributed by atoms with van der Waals surface area (Å²) >= 11 is 3.45. The third-order valence-electron chi connectivity index (χ3n) is 5.93. The monoisotopic (exact) mass is 509 g/mol. The summed E-state index contributed by atoms with van der Waals surface area (Å²) in [6.45, 7) is 1.93. The van der Waals surface area contributed by atoms with Crippen molar-refractivity contribution in [3.8, 4) is 11.5 Å². The number of amides is 2. The molecule has 2 aromatic carbocycles. The van der Waals surface area contributed by atoms with Crippen molar-refractivity contribution < 1.29 is 19.1 Å². The Balaban J connectivity index is 1.88. The summed E-state index contributed by atoms with van der Waals surface area (Å²) in [5.41, 5.74) is 3.37. The van der Waals surface area contributed by atoms with Crippen LogP contribution in [-0.4, -0.2) is 43.0 Å². The number of likely N-dealkylation sites (N-methyl/N-ethyl adjacent to an activating group) is 1. The van der Waals surface area contributed by atoms with Crippen LogP contribution in [0, 0.1) is 6.92 Å². The summed E-state index contributed by atoms with van der Waals surface area (Å²) in [6, 6.07) is 12.1. The fraction of sp³-hybridized carbons (Fsp3) is 0.240. The van der Waals surface area contributed by atoms with Gasteiger partial charge in [0.05, 0.1) is 26.2 Å². The molecule has 0 radical (unpaired) electrons. The number of aryl methyl sites for hydroxylation is 1. The van der Waals surface area contributed by atoms with Gasteiger partial charge in [-0.1, -0.05) is 22.0 Å². The highest BCUT2D eigenvalue weighted by atomic mass is 79.9. The molecular formula is C25H24BrN3O4. The van der Waals surface area contributed by atoms with Crippen LogP contribution in [0.5, 0.6) is 11.5 Å². The number of anilines is 1. The molecule has 7 nitrogen and oxygen atoms in total. The molecule has 2 atom stereocenters. The van der Waals surface area contributed by atoms with Crippen molar-refractivity contribution in [1.29, 1.82) is 0 Å². The maximum atomic E-state index is 13.8. The maximum absolute atomic E-state index is 13.8. The van der Waals surface area contributed by atoms with Crippen LogP contribution >= 0.6 is 15.9 Å². The van der Waals surface area contributed by atoms with Crippen LogP contribution in [-0.2, 0) is 4.79 Å². The minimum atomic E-state index is -0.699. The first-order chi connectivity index (χ1) is 15.8. The standard InChI is InChI=1S/C25H24BrN3O4/c1-14-10-16(26)7-8-19(14)28-24(30)22-17-11-20(32-3)21(33-4)12-18(17)25(31)29(2)23(22)15-6-5-9-27-13-15/h5-13,22-23H,1-4H3,(H,28,30)/t22-,23+/m1/s1. The van der Waals surface area contributed by atoms with E-state index in [9.17, 15) is 9.59 Å². The molecule has 0 aliphatic carbocycles. The van der Waals surface area contributed by atoms with Gasteiger partial charge in [-0.15, -0.1) is 0 Å². The topological polar surface area (TPSA) is 80.8 Å². The van der Waals surface area contributed by atoms with Crippen LogP contribution in [0.4, 0.5) is 5.69 Å². The van der Waals surface area contributed by atoms with Gasteiger partial charge in [0.2, 0.25) is 5.91 Å². The van der Waals surface area contributed by atoms with Crippen LogP contribution in [0.1, 0.15) is 39.0 Å². The molecule has 4 rings (SSSR count). The molecular weight excluding hydrogens is 486 g/mol. The number of ether oxygens (including phenoxy) is 2. The molecule has 0 spiro atoms. The van der Waals surface area contributed by atoms with Gasteiger partial charge in [-0.3, -0.25) is 14.6 Å². The lowest BCUT2D eigenvalue weighted by atomic mass is 9.79. The van der Waals surface area contributed by atoms with Crippen molar-refractivity contribution in [3.05, 3.63) is 81.6 Å².